The smallest absolute Gasteiger partial charge is 0.0320 e. The molecule has 3 heteroatoms. The van der Waals surface area contributed by atoms with E-state index >= 15 is 0 Å². The topological polar surface area (TPSA) is 12.0 Å². The van der Waals surface area contributed by atoms with Crippen LogP contribution in [0.15, 0.2) is 12.2 Å². The summed E-state index contributed by atoms with van der Waals surface area (Å²) in [5, 5.41) is 5.41. The van der Waals surface area contributed by atoms with Crippen LogP contribution in [0, 0.1) is 0 Å². The van der Waals surface area contributed by atoms with Crippen LogP contribution in [0.1, 0.15) is 46.5 Å². The second-order valence-corrected chi connectivity index (χ2v) is 7.84. The minimum atomic E-state index is 0.671. The lowest BCUT2D eigenvalue weighted by molar-refractivity contribution is 0.453. The number of hydrogen-bond acceptors (Lipinski definition) is 3. The maximum Gasteiger partial charge on any atom is 0.0320 e. The highest BCUT2D eigenvalue weighted by Crippen LogP contribution is 2.36. The zero-order valence-electron chi connectivity index (χ0n) is 12.2. The molecule has 0 aromatic heterocycles. The van der Waals surface area contributed by atoms with E-state index in [-0.39, 0.29) is 0 Å². The second kappa shape index (κ2) is 9.33. The first-order valence-electron chi connectivity index (χ1n) is 7.30. The Morgan fingerprint density at radius 3 is 2.67 bits per heavy atom. The maximum absolute atomic E-state index is 4.05. The number of rotatable bonds is 8. The number of hydrogen-bond donors (Lipinski definition) is 1. The molecular formula is C15H29NS2. The molecule has 0 bridgehead atoms. The predicted octanol–water partition coefficient (Wildman–Crippen LogP) is 4.34. The molecule has 1 N–H and O–H groups in total. The lowest BCUT2D eigenvalue weighted by Gasteiger charge is -2.36. The normalized spacial score (nSPS) is 25.9. The standard InChI is InChI=1S/C15H29NS2/c1-5-9-16-13(8-7-12(3)4)15-14(6-2)17-10-11-18-15/h13-16H,3,5-11H2,1-2,4H3. The van der Waals surface area contributed by atoms with Crippen molar-refractivity contribution in [3.63, 3.8) is 0 Å². The van der Waals surface area contributed by atoms with Gasteiger partial charge in [0.2, 0.25) is 0 Å². The lowest BCUT2D eigenvalue weighted by atomic mass is 10.0. The van der Waals surface area contributed by atoms with Crippen molar-refractivity contribution in [1.82, 2.24) is 5.32 Å². The highest BCUT2D eigenvalue weighted by atomic mass is 32.2. The van der Waals surface area contributed by atoms with E-state index in [0.717, 1.165) is 17.0 Å². The second-order valence-electron chi connectivity index (χ2n) is 5.21. The molecule has 0 radical (unpaired) electrons. The van der Waals surface area contributed by atoms with Gasteiger partial charge in [-0.2, -0.15) is 23.5 Å². The molecule has 0 aromatic carbocycles. The largest absolute Gasteiger partial charge is 0.313 e. The Morgan fingerprint density at radius 2 is 2.06 bits per heavy atom. The van der Waals surface area contributed by atoms with Gasteiger partial charge in [-0.25, -0.2) is 0 Å². The van der Waals surface area contributed by atoms with Crippen molar-refractivity contribution in [2.45, 2.75) is 63.0 Å². The van der Waals surface area contributed by atoms with Crippen molar-refractivity contribution < 1.29 is 0 Å². The van der Waals surface area contributed by atoms with E-state index in [1.807, 2.05) is 0 Å². The lowest BCUT2D eigenvalue weighted by Crippen LogP contribution is -2.45. The zero-order chi connectivity index (χ0) is 13.4. The predicted molar refractivity (Wildman–Crippen MR) is 88.9 cm³/mol. The molecular weight excluding hydrogens is 258 g/mol. The van der Waals surface area contributed by atoms with E-state index in [9.17, 15) is 0 Å². The summed E-state index contributed by atoms with van der Waals surface area (Å²) in [6.07, 6.45) is 4.95. The van der Waals surface area contributed by atoms with Crippen molar-refractivity contribution in [3.8, 4) is 0 Å². The molecule has 1 saturated heterocycles. The summed E-state index contributed by atoms with van der Waals surface area (Å²) in [5.74, 6) is 2.66. The summed E-state index contributed by atoms with van der Waals surface area (Å²) in [5.41, 5.74) is 1.32. The Morgan fingerprint density at radius 1 is 1.33 bits per heavy atom. The first-order valence-corrected chi connectivity index (χ1v) is 9.39. The Balaban J connectivity index is 2.56. The molecule has 0 saturated carbocycles. The molecule has 1 aliphatic rings. The summed E-state index contributed by atoms with van der Waals surface area (Å²) in [7, 11) is 0. The monoisotopic (exact) mass is 287 g/mol. The highest BCUT2D eigenvalue weighted by molar-refractivity contribution is 8.07. The molecule has 106 valence electrons. The molecule has 18 heavy (non-hydrogen) atoms. The molecule has 1 fully saturated rings. The van der Waals surface area contributed by atoms with Crippen molar-refractivity contribution in [2.75, 3.05) is 18.1 Å². The number of thioether (sulfide) groups is 2. The van der Waals surface area contributed by atoms with Crippen LogP contribution < -0.4 is 5.32 Å². The minimum Gasteiger partial charge on any atom is -0.313 e. The molecule has 1 nitrogen and oxygen atoms in total. The van der Waals surface area contributed by atoms with Crippen molar-refractivity contribution in [1.29, 1.82) is 0 Å². The third-order valence-electron chi connectivity index (χ3n) is 3.43. The Labute approximate surface area is 122 Å². The van der Waals surface area contributed by atoms with Gasteiger partial charge in [-0.1, -0.05) is 19.4 Å². The summed E-state index contributed by atoms with van der Waals surface area (Å²) in [4.78, 5) is 0. The van der Waals surface area contributed by atoms with E-state index in [0.29, 0.717) is 6.04 Å². The quantitative estimate of drug-likeness (QED) is 0.667. The van der Waals surface area contributed by atoms with Crippen LogP contribution in [0.4, 0.5) is 0 Å². The molecule has 1 heterocycles. The van der Waals surface area contributed by atoms with Gasteiger partial charge in [0.15, 0.2) is 0 Å². The number of nitrogens with one attached hydrogen (secondary N) is 1. The van der Waals surface area contributed by atoms with Gasteiger partial charge >= 0.3 is 0 Å². The molecule has 3 unspecified atom stereocenters. The Kier molecular flexibility index (Phi) is 8.53. The molecule has 0 aromatic rings. The van der Waals surface area contributed by atoms with Gasteiger partial charge in [-0.3, -0.25) is 0 Å². The van der Waals surface area contributed by atoms with Crippen LogP contribution in [-0.4, -0.2) is 34.6 Å². The first-order chi connectivity index (χ1) is 8.69. The van der Waals surface area contributed by atoms with Gasteiger partial charge in [0.25, 0.3) is 0 Å². The van der Waals surface area contributed by atoms with E-state index in [1.165, 1.54) is 42.8 Å². The van der Waals surface area contributed by atoms with Crippen LogP contribution in [0.5, 0.6) is 0 Å². The van der Waals surface area contributed by atoms with Crippen LogP contribution >= 0.6 is 23.5 Å². The molecule has 0 amide bonds. The van der Waals surface area contributed by atoms with Gasteiger partial charge < -0.3 is 5.32 Å². The Hall–Kier alpha value is 0.400. The summed E-state index contributed by atoms with van der Waals surface area (Å²) in [6, 6.07) is 0.671. The average molecular weight is 288 g/mol. The third-order valence-corrected chi connectivity index (χ3v) is 6.84. The SMILES string of the molecule is C=C(C)CCC(NCCC)C1SCCSC1CC. The van der Waals surface area contributed by atoms with Gasteiger partial charge in [0.05, 0.1) is 0 Å². The first kappa shape index (κ1) is 16.5. The van der Waals surface area contributed by atoms with Crippen LogP contribution in [-0.2, 0) is 0 Å². The summed E-state index contributed by atoms with van der Waals surface area (Å²) < 4.78 is 0. The Bertz CT molecular complexity index is 243. The fraction of sp³-hybridized carbons (Fsp3) is 0.867. The highest BCUT2D eigenvalue weighted by Gasteiger charge is 2.31. The summed E-state index contributed by atoms with van der Waals surface area (Å²) >= 11 is 4.38. The van der Waals surface area contributed by atoms with Gasteiger partial charge in [0.1, 0.15) is 0 Å². The van der Waals surface area contributed by atoms with Crippen LogP contribution in [0.2, 0.25) is 0 Å². The van der Waals surface area contributed by atoms with E-state index < -0.39 is 0 Å². The zero-order valence-corrected chi connectivity index (χ0v) is 13.8. The van der Waals surface area contributed by atoms with Crippen molar-refractivity contribution in [2.24, 2.45) is 0 Å². The minimum absolute atomic E-state index is 0.671. The molecule has 0 aliphatic carbocycles. The fourth-order valence-electron chi connectivity index (χ4n) is 2.43. The van der Waals surface area contributed by atoms with E-state index in [1.54, 1.807) is 0 Å². The maximum atomic E-state index is 4.05. The average Bonchev–Trinajstić information content (AvgIpc) is 2.38. The van der Waals surface area contributed by atoms with Crippen LogP contribution in [0.25, 0.3) is 0 Å². The van der Waals surface area contributed by atoms with Crippen LogP contribution in [0.3, 0.4) is 0 Å². The van der Waals surface area contributed by atoms with Gasteiger partial charge in [0, 0.05) is 28.0 Å². The van der Waals surface area contributed by atoms with Gasteiger partial charge in [-0.05, 0) is 39.2 Å². The van der Waals surface area contributed by atoms with E-state index in [2.05, 4.69) is 56.2 Å². The van der Waals surface area contributed by atoms with Crippen molar-refractivity contribution in [3.05, 3.63) is 12.2 Å². The number of allylic oxidation sites excluding steroid dienone is 1. The summed E-state index contributed by atoms with van der Waals surface area (Å²) in [6.45, 7) is 11.9. The van der Waals surface area contributed by atoms with Gasteiger partial charge in [-0.15, -0.1) is 6.58 Å². The molecule has 3 atom stereocenters. The molecule has 1 rings (SSSR count). The van der Waals surface area contributed by atoms with E-state index in [4.69, 9.17) is 0 Å². The fourth-order valence-corrected chi connectivity index (χ4v) is 5.73. The third kappa shape index (κ3) is 5.58. The molecule has 1 aliphatic heterocycles. The molecule has 0 spiro atoms. The van der Waals surface area contributed by atoms with Crippen molar-refractivity contribution >= 4 is 23.5 Å².